The van der Waals surface area contributed by atoms with Crippen LogP contribution in [-0.2, 0) is 11.2 Å². The zero-order valence-electron chi connectivity index (χ0n) is 11.5. The van der Waals surface area contributed by atoms with E-state index in [1.807, 2.05) is 0 Å². The van der Waals surface area contributed by atoms with Crippen LogP contribution in [0.5, 0.6) is 0 Å². The molecule has 104 valence electrons. The Balaban J connectivity index is 1.65. The summed E-state index contributed by atoms with van der Waals surface area (Å²) in [6, 6.07) is 8.41. The number of amides is 1. The normalized spacial score (nSPS) is 22.4. The third kappa shape index (κ3) is 4.98. The Labute approximate surface area is 124 Å². The third-order valence-corrected chi connectivity index (χ3v) is 4.66. The maximum Gasteiger partial charge on any atom is 0.220 e. The maximum absolute atomic E-state index is 11.8. The Morgan fingerprint density at radius 1 is 1.32 bits per heavy atom. The molecule has 0 radical (unpaired) electrons. The smallest absolute Gasteiger partial charge is 0.220 e. The summed E-state index contributed by atoms with van der Waals surface area (Å²) in [7, 11) is 0. The van der Waals surface area contributed by atoms with Crippen LogP contribution in [0.2, 0.25) is 0 Å². The van der Waals surface area contributed by atoms with Gasteiger partial charge in [-0.1, -0.05) is 45.8 Å². The van der Waals surface area contributed by atoms with Crippen molar-refractivity contribution < 1.29 is 4.79 Å². The van der Waals surface area contributed by atoms with Crippen LogP contribution in [-0.4, -0.2) is 17.3 Å². The van der Waals surface area contributed by atoms with E-state index in [1.54, 1.807) is 0 Å². The Kier molecular flexibility index (Phi) is 5.44. The molecule has 0 spiro atoms. The first-order valence-corrected chi connectivity index (χ1v) is 8.01. The van der Waals surface area contributed by atoms with Crippen molar-refractivity contribution in [2.24, 2.45) is 5.92 Å². The molecular formula is C16H22BrNO. The van der Waals surface area contributed by atoms with Crippen LogP contribution in [0, 0.1) is 12.8 Å². The summed E-state index contributed by atoms with van der Waals surface area (Å²) < 4.78 is 0. The van der Waals surface area contributed by atoms with Crippen molar-refractivity contribution in [3.63, 3.8) is 0 Å². The van der Waals surface area contributed by atoms with Crippen molar-refractivity contribution in [2.45, 2.75) is 43.9 Å². The number of carbonyl (C=O) groups excluding carboxylic acids is 1. The molecule has 1 aliphatic carbocycles. The molecule has 1 fully saturated rings. The minimum Gasteiger partial charge on any atom is -0.356 e. The number of benzene rings is 1. The van der Waals surface area contributed by atoms with Gasteiger partial charge in [0.25, 0.3) is 0 Å². The molecule has 1 aromatic rings. The fourth-order valence-corrected chi connectivity index (χ4v) is 3.35. The second-order valence-electron chi connectivity index (χ2n) is 5.57. The lowest BCUT2D eigenvalue weighted by Gasteiger charge is -2.11. The van der Waals surface area contributed by atoms with E-state index in [0.717, 1.165) is 13.0 Å². The molecule has 1 N–H and O–H groups in total. The monoisotopic (exact) mass is 323 g/mol. The minimum absolute atomic E-state index is 0.179. The van der Waals surface area contributed by atoms with Crippen molar-refractivity contribution in [2.75, 3.05) is 6.54 Å². The van der Waals surface area contributed by atoms with E-state index < -0.39 is 0 Å². The lowest BCUT2D eigenvalue weighted by molar-refractivity contribution is -0.121. The average Bonchev–Trinajstić information content (AvgIpc) is 2.81. The molecule has 0 aromatic heterocycles. The highest BCUT2D eigenvalue weighted by Crippen LogP contribution is 2.29. The lowest BCUT2D eigenvalue weighted by atomic mass is 10.1. The number of rotatable bonds is 5. The van der Waals surface area contributed by atoms with Crippen molar-refractivity contribution in [3.05, 3.63) is 35.4 Å². The van der Waals surface area contributed by atoms with Crippen LogP contribution < -0.4 is 5.32 Å². The first kappa shape index (κ1) is 14.6. The van der Waals surface area contributed by atoms with Gasteiger partial charge in [-0.25, -0.2) is 0 Å². The highest BCUT2D eigenvalue weighted by atomic mass is 79.9. The van der Waals surface area contributed by atoms with E-state index in [2.05, 4.69) is 52.4 Å². The number of alkyl halides is 1. The van der Waals surface area contributed by atoms with Crippen molar-refractivity contribution >= 4 is 21.8 Å². The van der Waals surface area contributed by atoms with E-state index in [0.29, 0.717) is 17.2 Å². The van der Waals surface area contributed by atoms with Gasteiger partial charge in [-0.15, -0.1) is 0 Å². The van der Waals surface area contributed by atoms with Gasteiger partial charge in [0.1, 0.15) is 0 Å². The van der Waals surface area contributed by atoms with Crippen molar-refractivity contribution in [1.82, 2.24) is 5.32 Å². The molecule has 0 saturated heterocycles. The van der Waals surface area contributed by atoms with E-state index in [4.69, 9.17) is 0 Å². The second kappa shape index (κ2) is 7.09. The SMILES string of the molecule is Cc1ccc(CCC(=O)NCC2CCC(Br)C2)cc1. The largest absolute Gasteiger partial charge is 0.356 e. The van der Waals surface area contributed by atoms with Crippen LogP contribution in [0.25, 0.3) is 0 Å². The zero-order valence-corrected chi connectivity index (χ0v) is 13.1. The van der Waals surface area contributed by atoms with Crippen LogP contribution in [0.15, 0.2) is 24.3 Å². The molecule has 1 aliphatic rings. The van der Waals surface area contributed by atoms with Gasteiger partial charge in [-0.2, -0.15) is 0 Å². The highest BCUT2D eigenvalue weighted by molar-refractivity contribution is 9.09. The van der Waals surface area contributed by atoms with E-state index >= 15 is 0 Å². The molecule has 1 saturated carbocycles. The van der Waals surface area contributed by atoms with Gasteiger partial charge in [0.15, 0.2) is 0 Å². The standard InChI is InChI=1S/C16H22BrNO/c1-12-2-4-13(5-3-12)7-9-16(19)18-11-14-6-8-15(17)10-14/h2-5,14-15H,6-11H2,1H3,(H,18,19). The van der Waals surface area contributed by atoms with Gasteiger partial charge in [0, 0.05) is 17.8 Å². The number of hydrogen-bond donors (Lipinski definition) is 1. The molecule has 2 unspecified atom stereocenters. The van der Waals surface area contributed by atoms with E-state index in [-0.39, 0.29) is 5.91 Å². The van der Waals surface area contributed by atoms with Crippen LogP contribution >= 0.6 is 15.9 Å². The number of halogens is 1. The molecule has 0 aliphatic heterocycles. The van der Waals surface area contributed by atoms with Crippen molar-refractivity contribution in [3.8, 4) is 0 Å². The summed E-state index contributed by atoms with van der Waals surface area (Å²) in [6.07, 6.45) is 5.08. The summed E-state index contributed by atoms with van der Waals surface area (Å²) in [5.74, 6) is 0.839. The summed E-state index contributed by atoms with van der Waals surface area (Å²) in [6.45, 7) is 2.92. The quantitative estimate of drug-likeness (QED) is 0.824. The van der Waals surface area contributed by atoms with Gasteiger partial charge in [0.05, 0.1) is 0 Å². The second-order valence-corrected chi connectivity index (χ2v) is 6.86. The lowest BCUT2D eigenvalue weighted by Crippen LogP contribution is -2.28. The van der Waals surface area contributed by atoms with Crippen LogP contribution in [0.1, 0.15) is 36.8 Å². The molecule has 2 rings (SSSR count). The Hall–Kier alpha value is -0.830. The van der Waals surface area contributed by atoms with E-state index in [1.165, 1.54) is 30.4 Å². The highest BCUT2D eigenvalue weighted by Gasteiger charge is 2.22. The van der Waals surface area contributed by atoms with E-state index in [9.17, 15) is 4.79 Å². The molecule has 0 heterocycles. The first-order chi connectivity index (χ1) is 9.13. The Bertz CT molecular complexity index is 415. The average molecular weight is 324 g/mol. The summed E-state index contributed by atoms with van der Waals surface area (Å²) in [5, 5.41) is 3.07. The minimum atomic E-state index is 0.179. The Morgan fingerprint density at radius 2 is 2.05 bits per heavy atom. The summed E-state index contributed by atoms with van der Waals surface area (Å²) in [5.41, 5.74) is 2.50. The van der Waals surface area contributed by atoms with Gasteiger partial charge < -0.3 is 5.32 Å². The van der Waals surface area contributed by atoms with Crippen molar-refractivity contribution in [1.29, 1.82) is 0 Å². The van der Waals surface area contributed by atoms with Gasteiger partial charge in [0.2, 0.25) is 5.91 Å². The fourth-order valence-electron chi connectivity index (χ4n) is 2.56. The van der Waals surface area contributed by atoms with Crippen LogP contribution in [0.3, 0.4) is 0 Å². The molecule has 19 heavy (non-hydrogen) atoms. The predicted octanol–water partition coefficient (Wildman–Crippen LogP) is 3.61. The first-order valence-electron chi connectivity index (χ1n) is 7.10. The third-order valence-electron chi connectivity index (χ3n) is 3.83. The van der Waals surface area contributed by atoms with Crippen LogP contribution in [0.4, 0.5) is 0 Å². The molecular weight excluding hydrogens is 302 g/mol. The maximum atomic E-state index is 11.8. The predicted molar refractivity (Wildman–Crippen MR) is 82.6 cm³/mol. The number of hydrogen-bond acceptors (Lipinski definition) is 1. The number of nitrogens with one attached hydrogen (secondary N) is 1. The summed E-state index contributed by atoms with van der Waals surface area (Å²) in [4.78, 5) is 12.5. The van der Waals surface area contributed by atoms with Gasteiger partial charge >= 0.3 is 0 Å². The topological polar surface area (TPSA) is 29.1 Å². The number of aryl methyl sites for hydroxylation is 2. The van der Waals surface area contributed by atoms with Gasteiger partial charge in [-0.3, -0.25) is 4.79 Å². The molecule has 1 amide bonds. The molecule has 2 atom stereocenters. The molecule has 3 heteroatoms. The Morgan fingerprint density at radius 3 is 2.68 bits per heavy atom. The fraction of sp³-hybridized carbons (Fsp3) is 0.562. The van der Waals surface area contributed by atoms with Gasteiger partial charge in [-0.05, 0) is 44.1 Å². The molecule has 0 bridgehead atoms. The summed E-state index contributed by atoms with van der Waals surface area (Å²) >= 11 is 3.64. The molecule has 2 nitrogen and oxygen atoms in total. The number of carbonyl (C=O) groups is 1. The molecule has 1 aromatic carbocycles. The zero-order chi connectivity index (χ0) is 13.7.